The van der Waals surface area contributed by atoms with Crippen molar-refractivity contribution in [3.8, 4) is 0 Å². The molecule has 0 saturated carbocycles. The molecule has 2 rings (SSSR count). The Morgan fingerprint density at radius 2 is 2.50 bits per heavy atom. The molecule has 0 saturated heterocycles. The summed E-state index contributed by atoms with van der Waals surface area (Å²) >= 11 is 0. The summed E-state index contributed by atoms with van der Waals surface area (Å²) in [5.41, 5.74) is 0. The monoisotopic (exact) mass is 136 g/mol. The summed E-state index contributed by atoms with van der Waals surface area (Å²) in [6.07, 6.45) is 5.70. The zero-order valence-electron chi connectivity index (χ0n) is 5.49. The Labute approximate surface area is 59.1 Å². The second kappa shape index (κ2) is 2.31. The van der Waals surface area contributed by atoms with Gasteiger partial charge in [-0.25, -0.2) is 0 Å². The minimum atomic E-state index is 0.0509. The van der Waals surface area contributed by atoms with Crippen LogP contribution >= 0.6 is 0 Å². The van der Waals surface area contributed by atoms with E-state index in [4.69, 9.17) is 9.15 Å². The molecule has 1 aromatic heterocycles. The molecule has 0 N–H and O–H groups in total. The van der Waals surface area contributed by atoms with Crippen LogP contribution in [-0.2, 0) is 4.74 Å². The molecule has 10 heavy (non-hydrogen) atoms. The minimum Gasteiger partial charge on any atom is -0.466 e. The standard InChI is InChI=1S/C8H8O2/c1-3-7(9-5-1)8-4-2-6-10-8/h1-5,8H,6H2/t8-/m0/s1. The number of hydrogen-bond donors (Lipinski definition) is 0. The van der Waals surface area contributed by atoms with Gasteiger partial charge in [-0.2, -0.15) is 0 Å². The second-order valence-electron chi connectivity index (χ2n) is 2.20. The maximum absolute atomic E-state index is 5.29. The van der Waals surface area contributed by atoms with Gasteiger partial charge in [-0.15, -0.1) is 0 Å². The zero-order chi connectivity index (χ0) is 6.81. The lowest BCUT2D eigenvalue weighted by atomic mass is 10.3. The van der Waals surface area contributed by atoms with Gasteiger partial charge in [0.1, 0.15) is 11.9 Å². The molecule has 1 atom stereocenters. The van der Waals surface area contributed by atoms with Gasteiger partial charge in [0.05, 0.1) is 12.9 Å². The van der Waals surface area contributed by atoms with Gasteiger partial charge in [0.25, 0.3) is 0 Å². The van der Waals surface area contributed by atoms with Crippen molar-refractivity contribution in [2.45, 2.75) is 6.10 Å². The Morgan fingerprint density at radius 3 is 3.10 bits per heavy atom. The maximum Gasteiger partial charge on any atom is 0.136 e. The lowest BCUT2D eigenvalue weighted by molar-refractivity contribution is 0.111. The molecule has 0 aliphatic carbocycles. The van der Waals surface area contributed by atoms with Crippen LogP contribution in [0.1, 0.15) is 11.9 Å². The Balaban J connectivity index is 2.20. The van der Waals surface area contributed by atoms with Crippen LogP contribution in [0.5, 0.6) is 0 Å². The molecule has 1 aromatic rings. The van der Waals surface area contributed by atoms with Crippen molar-refractivity contribution in [2.24, 2.45) is 0 Å². The number of furan rings is 1. The van der Waals surface area contributed by atoms with Crippen LogP contribution in [-0.4, -0.2) is 6.61 Å². The molecule has 52 valence electrons. The van der Waals surface area contributed by atoms with Crippen molar-refractivity contribution in [1.82, 2.24) is 0 Å². The number of hydrogen-bond acceptors (Lipinski definition) is 2. The lowest BCUT2D eigenvalue weighted by Crippen LogP contribution is -1.92. The van der Waals surface area contributed by atoms with Crippen molar-refractivity contribution in [3.05, 3.63) is 36.3 Å². The van der Waals surface area contributed by atoms with Gasteiger partial charge in [-0.1, -0.05) is 6.08 Å². The summed E-state index contributed by atoms with van der Waals surface area (Å²) in [4.78, 5) is 0. The van der Waals surface area contributed by atoms with Gasteiger partial charge in [0, 0.05) is 0 Å². The molecular formula is C8H8O2. The van der Waals surface area contributed by atoms with Gasteiger partial charge in [-0.05, 0) is 18.2 Å². The summed E-state index contributed by atoms with van der Waals surface area (Å²) in [5, 5.41) is 0. The molecule has 0 spiro atoms. The Morgan fingerprint density at radius 1 is 1.50 bits per heavy atom. The van der Waals surface area contributed by atoms with Crippen LogP contribution in [0.15, 0.2) is 35.0 Å². The van der Waals surface area contributed by atoms with Crippen LogP contribution in [0.2, 0.25) is 0 Å². The summed E-state index contributed by atoms with van der Waals surface area (Å²) in [6, 6.07) is 3.78. The quantitative estimate of drug-likeness (QED) is 0.550. The van der Waals surface area contributed by atoms with E-state index in [0.29, 0.717) is 6.61 Å². The molecule has 2 heteroatoms. The molecule has 1 aliphatic heterocycles. The first-order valence-electron chi connectivity index (χ1n) is 3.28. The van der Waals surface area contributed by atoms with E-state index in [1.54, 1.807) is 6.26 Å². The summed E-state index contributed by atoms with van der Waals surface area (Å²) in [5.74, 6) is 0.883. The molecule has 0 radical (unpaired) electrons. The van der Waals surface area contributed by atoms with Gasteiger partial charge < -0.3 is 9.15 Å². The summed E-state index contributed by atoms with van der Waals surface area (Å²) < 4.78 is 10.4. The topological polar surface area (TPSA) is 22.4 Å². The Hall–Kier alpha value is -1.02. The predicted molar refractivity (Wildman–Crippen MR) is 36.5 cm³/mol. The summed E-state index contributed by atoms with van der Waals surface area (Å²) in [6.45, 7) is 0.700. The van der Waals surface area contributed by atoms with Crippen LogP contribution < -0.4 is 0 Å². The van der Waals surface area contributed by atoms with Crippen molar-refractivity contribution < 1.29 is 9.15 Å². The maximum atomic E-state index is 5.29. The van der Waals surface area contributed by atoms with Crippen LogP contribution in [0.3, 0.4) is 0 Å². The van der Waals surface area contributed by atoms with Gasteiger partial charge in [0.2, 0.25) is 0 Å². The normalized spacial score (nSPS) is 23.8. The zero-order valence-corrected chi connectivity index (χ0v) is 5.49. The highest BCUT2D eigenvalue weighted by Crippen LogP contribution is 2.22. The van der Waals surface area contributed by atoms with Crippen molar-refractivity contribution in [2.75, 3.05) is 6.61 Å². The fraction of sp³-hybridized carbons (Fsp3) is 0.250. The number of rotatable bonds is 1. The highest BCUT2D eigenvalue weighted by molar-refractivity contribution is 5.11. The first-order valence-corrected chi connectivity index (χ1v) is 3.28. The number of ether oxygens (including phenoxy) is 1. The first-order chi connectivity index (χ1) is 4.97. The van der Waals surface area contributed by atoms with Crippen LogP contribution in [0.25, 0.3) is 0 Å². The average Bonchev–Trinajstić information content (AvgIpc) is 2.59. The van der Waals surface area contributed by atoms with Gasteiger partial charge in [-0.3, -0.25) is 0 Å². The molecule has 1 aliphatic rings. The molecule has 0 unspecified atom stereocenters. The van der Waals surface area contributed by atoms with Crippen LogP contribution in [0.4, 0.5) is 0 Å². The van der Waals surface area contributed by atoms with Gasteiger partial charge >= 0.3 is 0 Å². The first kappa shape index (κ1) is 5.74. The molecule has 2 nitrogen and oxygen atoms in total. The van der Waals surface area contributed by atoms with E-state index in [0.717, 1.165) is 5.76 Å². The van der Waals surface area contributed by atoms with Crippen LogP contribution in [0, 0.1) is 0 Å². The lowest BCUT2D eigenvalue weighted by Gasteiger charge is -2.02. The Kier molecular flexibility index (Phi) is 1.32. The van der Waals surface area contributed by atoms with Crippen molar-refractivity contribution >= 4 is 0 Å². The third kappa shape index (κ3) is 0.866. The smallest absolute Gasteiger partial charge is 0.136 e. The van der Waals surface area contributed by atoms with Gasteiger partial charge in [0.15, 0.2) is 0 Å². The van der Waals surface area contributed by atoms with E-state index in [9.17, 15) is 0 Å². The van der Waals surface area contributed by atoms with E-state index in [-0.39, 0.29) is 6.10 Å². The molecule has 0 aromatic carbocycles. The molecule has 0 fully saturated rings. The average molecular weight is 136 g/mol. The largest absolute Gasteiger partial charge is 0.466 e. The third-order valence-electron chi connectivity index (χ3n) is 1.51. The van der Waals surface area contributed by atoms with E-state index < -0.39 is 0 Å². The fourth-order valence-corrected chi connectivity index (χ4v) is 1.02. The fourth-order valence-electron chi connectivity index (χ4n) is 1.02. The van der Waals surface area contributed by atoms with E-state index >= 15 is 0 Å². The highest BCUT2D eigenvalue weighted by atomic mass is 16.5. The predicted octanol–water partition coefficient (Wildman–Crippen LogP) is 1.91. The van der Waals surface area contributed by atoms with E-state index in [1.807, 2.05) is 24.3 Å². The molecule has 2 heterocycles. The summed E-state index contributed by atoms with van der Waals surface area (Å²) in [7, 11) is 0. The Bertz CT molecular complexity index is 223. The van der Waals surface area contributed by atoms with E-state index in [1.165, 1.54) is 0 Å². The second-order valence-corrected chi connectivity index (χ2v) is 2.20. The van der Waals surface area contributed by atoms with Crippen molar-refractivity contribution in [1.29, 1.82) is 0 Å². The van der Waals surface area contributed by atoms with E-state index in [2.05, 4.69) is 0 Å². The SMILES string of the molecule is C1=C[C@@H](c2ccco2)OC1. The molecular weight excluding hydrogens is 128 g/mol. The minimum absolute atomic E-state index is 0.0509. The molecule has 0 amide bonds. The van der Waals surface area contributed by atoms with Crippen molar-refractivity contribution in [3.63, 3.8) is 0 Å². The highest BCUT2D eigenvalue weighted by Gasteiger charge is 2.13. The third-order valence-corrected chi connectivity index (χ3v) is 1.51. The molecule has 0 bridgehead atoms.